The molecule has 3 atom stereocenters. The lowest BCUT2D eigenvalue weighted by Gasteiger charge is -2.24. The quantitative estimate of drug-likeness (QED) is 0.475. The van der Waals surface area contributed by atoms with Gasteiger partial charge in [0.1, 0.15) is 6.23 Å². The van der Waals surface area contributed by atoms with E-state index in [0.29, 0.717) is 12.5 Å². The third-order valence-corrected chi connectivity index (χ3v) is 2.64. The van der Waals surface area contributed by atoms with Crippen LogP contribution in [0.5, 0.6) is 0 Å². The average Bonchev–Trinajstić information content (AvgIpc) is 2.25. The maximum Gasteiger partial charge on any atom is 0.130 e. The molecule has 0 rings (SSSR count). The Bertz CT molecular complexity index is 130. The molecule has 3 unspecified atom stereocenters. The fourth-order valence-electron chi connectivity index (χ4n) is 1.22. The van der Waals surface area contributed by atoms with Crippen molar-refractivity contribution < 1.29 is 9.57 Å². The molecule has 0 aliphatic rings. The molecule has 0 radical (unpaired) electrons. The largest absolute Gasteiger partial charge is 0.358 e. The number of hydrogen-bond acceptors (Lipinski definition) is 3. The summed E-state index contributed by atoms with van der Waals surface area (Å²) in [6, 6.07) is 0. The standard InChI is InChI=1S/C12H27NO2/c1-6-10(4)9-12(13-14-8-3)15-11(5)7-2/h10-13H,6-9H2,1-5H3. The van der Waals surface area contributed by atoms with Gasteiger partial charge in [0.2, 0.25) is 0 Å². The molecular weight excluding hydrogens is 190 g/mol. The minimum atomic E-state index is 0.0230. The molecule has 0 amide bonds. The molecule has 0 bridgehead atoms. The van der Waals surface area contributed by atoms with E-state index in [-0.39, 0.29) is 12.3 Å². The van der Waals surface area contributed by atoms with E-state index < -0.39 is 0 Å². The van der Waals surface area contributed by atoms with Crippen molar-refractivity contribution in [1.29, 1.82) is 0 Å². The van der Waals surface area contributed by atoms with Crippen molar-refractivity contribution in [1.82, 2.24) is 5.48 Å². The van der Waals surface area contributed by atoms with E-state index in [1.807, 2.05) is 6.92 Å². The van der Waals surface area contributed by atoms with Gasteiger partial charge in [-0.2, -0.15) is 5.48 Å². The second-order valence-corrected chi connectivity index (χ2v) is 4.14. The first-order chi connectivity index (χ1) is 7.13. The molecule has 0 aromatic rings. The molecule has 3 nitrogen and oxygen atoms in total. The van der Waals surface area contributed by atoms with Crippen LogP contribution in [0, 0.1) is 5.92 Å². The van der Waals surface area contributed by atoms with Gasteiger partial charge in [0.25, 0.3) is 0 Å². The fourth-order valence-corrected chi connectivity index (χ4v) is 1.22. The molecule has 0 spiro atoms. The van der Waals surface area contributed by atoms with Crippen LogP contribution in [0.3, 0.4) is 0 Å². The van der Waals surface area contributed by atoms with Crippen molar-refractivity contribution in [2.24, 2.45) is 5.92 Å². The smallest absolute Gasteiger partial charge is 0.130 e. The lowest BCUT2D eigenvalue weighted by Crippen LogP contribution is -2.36. The van der Waals surface area contributed by atoms with Gasteiger partial charge in [-0.25, -0.2) is 0 Å². The first kappa shape index (κ1) is 14.9. The highest BCUT2D eigenvalue weighted by atomic mass is 16.7. The van der Waals surface area contributed by atoms with E-state index in [1.165, 1.54) is 6.42 Å². The molecule has 0 aromatic carbocycles. The molecule has 3 heteroatoms. The van der Waals surface area contributed by atoms with Crippen LogP contribution in [-0.4, -0.2) is 18.9 Å². The van der Waals surface area contributed by atoms with Gasteiger partial charge in [-0.3, -0.25) is 4.84 Å². The highest BCUT2D eigenvalue weighted by molar-refractivity contribution is 4.59. The monoisotopic (exact) mass is 217 g/mol. The highest BCUT2D eigenvalue weighted by Crippen LogP contribution is 2.13. The Labute approximate surface area is 94.5 Å². The summed E-state index contributed by atoms with van der Waals surface area (Å²) in [5.74, 6) is 0.659. The number of nitrogens with one attached hydrogen (secondary N) is 1. The lowest BCUT2D eigenvalue weighted by atomic mass is 10.0. The second-order valence-electron chi connectivity index (χ2n) is 4.14. The molecule has 92 valence electrons. The summed E-state index contributed by atoms with van der Waals surface area (Å²) in [4.78, 5) is 5.21. The Balaban J connectivity index is 3.93. The predicted molar refractivity (Wildman–Crippen MR) is 63.5 cm³/mol. The normalized spacial score (nSPS) is 17.4. The van der Waals surface area contributed by atoms with Crippen LogP contribution in [-0.2, 0) is 9.57 Å². The highest BCUT2D eigenvalue weighted by Gasteiger charge is 2.15. The molecule has 0 saturated carbocycles. The molecule has 0 heterocycles. The zero-order valence-electron chi connectivity index (χ0n) is 10.9. The summed E-state index contributed by atoms with van der Waals surface area (Å²) in [6.45, 7) is 11.3. The minimum absolute atomic E-state index is 0.0230. The Hall–Kier alpha value is -0.120. The van der Waals surface area contributed by atoms with Crippen LogP contribution >= 0.6 is 0 Å². The zero-order chi connectivity index (χ0) is 11.7. The van der Waals surface area contributed by atoms with Crippen molar-refractivity contribution in [2.45, 2.75) is 66.2 Å². The third-order valence-electron chi connectivity index (χ3n) is 2.64. The van der Waals surface area contributed by atoms with Crippen molar-refractivity contribution in [3.8, 4) is 0 Å². The zero-order valence-corrected chi connectivity index (χ0v) is 10.9. The van der Waals surface area contributed by atoms with Crippen molar-refractivity contribution in [2.75, 3.05) is 6.61 Å². The molecular formula is C12H27NO2. The van der Waals surface area contributed by atoms with Crippen LogP contribution in [0.4, 0.5) is 0 Å². The van der Waals surface area contributed by atoms with E-state index in [2.05, 4.69) is 33.2 Å². The van der Waals surface area contributed by atoms with Crippen LogP contribution in [0.1, 0.15) is 53.9 Å². The van der Waals surface area contributed by atoms with Gasteiger partial charge in [-0.15, -0.1) is 0 Å². The van der Waals surface area contributed by atoms with E-state index >= 15 is 0 Å². The van der Waals surface area contributed by atoms with Crippen molar-refractivity contribution >= 4 is 0 Å². The van der Waals surface area contributed by atoms with Gasteiger partial charge in [-0.1, -0.05) is 27.2 Å². The molecule has 1 N–H and O–H groups in total. The average molecular weight is 217 g/mol. The number of hydrogen-bond donors (Lipinski definition) is 1. The maximum absolute atomic E-state index is 5.84. The van der Waals surface area contributed by atoms with Crippen molar-refractivity contribution in [3.63, 3.8) is 0 Å². The SMILES string of the molecule is CCONC(CC(C)CC)OC(C)CC. The topological polar surface area (TPSA) is 30.5 Å². The van der Waals surface area contributed by atoms with Gasteiger partial charge in [0.05, 0.1) is 12.7 Å². The van der Waals surface area contributed by atoms with Gasteiger partial charge < -0.3 is 4.74 Å². The van der Waals surface area contributed by atoms with E-state index in [0.717, 1.165) is 12.8 Å². The number of ether oxygens (including phenoxy) is 1. The summed E-state index contributed by atoms with van der Waals surface area (Å²) in [5.41, 5.74) is 2.98. The fraction of sp³-hybridized carbons (Fsp3) is 1.00. The van der Waals surface area contributed by atoms with Crippen LogP contribution < -0.4 is 5.48 Å². The minimum Gasteiger partial charge on any atom is -0.358 e. The van der Waals surface area contributed by atoms with Crippen molar-refractivity contribution in [3.05, 3.63) is 0 Å². The molecule has 0 fully saturated rings. The van der Waals surface area contributed by atoms with Crippen LogP contribution in [0.25, 0.3) is 0 Å². The van der Waals surface area contributed by atoms with Crippen LogP contribution in [0.2, 0.25) is 0 Å². The second kappa shape index (κ2) is 9.13. The van der Waals surface area contributed by atoms with E-state index in [9.17, 15) is 0 Å². The molecule has 0 saturated heterocycles. The third kappa shape index (κ3) is 7.77. The molecule has 15 heavy (non-hydrogen) atoms. The first-order valence-corrected chi connectivity index (χ1v) is 6.16. The summed E-state index contributed by atoms with van der Waals surface area (Å²) in [7, 11) is 0. The Morgan fingerprint density at radius 1 is 1.07 bits per heavy atom. The number of rotatable bonds is 9. The summed E-state index contributed by atoms with van der Waals surface area (Å²) < 4.78 is 5.84. The Morgan fingerprint density at radius 2 is 1.73 bits per heavy atom. The molecule has 0 aliphatic carbocycles. The Kier molecular flexibility index (Phi) is 9.06. The first-order valence-electron chi connectivity index (χ1n) is 6.16. The number of hydroxylamine groups is 1. The molecule has 0 aromatic heterocycles. The van der Waals surface area contributed by atoms with Gasteiger partial charge in [0.15, 0.2) is 0 Å². The van der Waals surface area contributed by atoms with Gasteiger partial charge in [0, 0.05) is 0 Å². The van der Waals surface area contributed by atoms with E-state index in [4.69, 9.17) is 9.57 Å². The predicted octanol–water partition coefficient (Wildman–Crippen LogP) is 3.10. The lowest BCUT2D eigenvalue weighted by molar-refractivity contribution is -0.119. The van der Waals surface area contributed by atoms with Gasteiger partial charge >= 0.3 is 0 Å². The van der Waals surface area contributed by atoms with E-state index in [1.54, 1.807) is 0 Å². The molecule has 0 aliphatic heterocycles. The summed E-state index contributed by atoms with van der Waals surface area (Å²) >= 11 is 0. The Morgan fingerprint density at radius 3 is 2.20 bits per heavy atom. The summed E-state index contributed by atoms with van der Waals surface area (Å²) in [5, 5.41) is 0. The maximum atomic E-state index is 5.84. The van der Waals surface area contributed by atoms with Gasteiger partial charge in [-0.05, 0) is 32.6 Å². The summed E-state index contributed by atoms with van der Waals surface area (Å²) in [6.07, 6.45) is 3.52. The van der Waals surface area contributed by atoms with Crippen LogP contribution in [0.15, 0.2) is 0 Å².